The van der Waals surface area contributed by atoms with E-state index in [4.69, 9.17) is 5.84 Å². The number of hydrogen-bond donors (Lipinski definition) is 1. The van der Waals surface area contributed by atoms with Gasteiger partial charge < -0.3 is 0 Å². The van der Waals surface area contributed by atoms with Gasteiger partial charge in [-0.25, -0.2) is 0 Å². The van der Waals surface area contributed by atoms with Crippen LogP contribution in [0.1, 0.15) is 0 Å². The van der Waals surface area contributed by atoms with Gasteiger partial charge in [0.25, 0.3) is 0 Å². The molecule has 1 aliphatic heterocycles. The van der Waals surface area contributed by atoms with Crippen LogP contribution in [0, 0.1) is 0 Å². The second kappa shape index (κ2) is 2.20. The fraction of sp³-hybridized carbons (Fsp3) is 0.333. The van der Waals surface area contributed by atoms with Crippen molar-refractivity contribution in [2.75, 3.05) is 5.88 Å². The minimum Gasteiger partial charge on any atom is -0.290 e. The predicted molar refractivity (Wildman–Crippen MR) is 29.7 cm³/mol. The molecule has 1 heterocycles. The maximum atomic E-state index is 6.61. The van der Waals surface area contributed by atoms with E-state index in [1.54, 1.807) is 16.8 Å². The SMILES string of the molecule is [NH]NN1C=CSC1. The van der Waals surface area contributed by atoms with E-state index in [-0.39, 0.29) is 0 Å². The Labute approximate surface area is 46.5 Å². The third kappa shape index (κ3) is 1.09. The van der Waals surface area contributed by atoms with Crippen molar-refractivity contribution in [3.05, 3.63) is 11.6 Å². The van der Waals surface area contributed by atoms with Crippen LogP contribution < -0.4 is 11.4 Å². The summed E-state index contributed by atoms with van der Waals surface area (Å²) in [5.74, 6) is 7.46. The molecular weight excluding hydrogens is 110 g/mol. The summed E-state index contributed by atoms with van der Waals surface area (Å²) in [6.07, 6.45) is 1.83. The van der Waals surface area contributed by atoms with Gasteiger partial charge in [0.2, 0.25) is 0 Å². The Morgan fingerprint density at radius 3 is 3.00 bits per heavy atom. The highest BCUT2D eigenvalue weighted by molar-refractivity contribution is 8.02. The summed E-state index contributed by atoms with van der Waals surface area (Å²) in [6, 6.07) is 0. The first kappa shape index (κ1) is 4.96. The van der Waals surface area contributed by atoms with Crippen LogP contribution >= 0.6 is 11.8 Å². The lowest BCUT2D eigenvalue weighted by Crippen LogP contribution is -2.28. The van der Waals surface area contributed by atoms with E-state index in [0.29, 0.717) is 0 Å². The molecule has 4 heteroatoms. The van der Waals surface area contributed by atoms with Crippen LogP contribution in [0.15, 0.2) is 11.6 Å². The monoisotopic (exact) mass is 116 g/mol. The first-order chi connectivity index (χ1) is 3.43. The Bertz CT molecular complexity index is 82.2. The molecule has 1 rings (SSSR count). The molecular formula is C3H6N3S. The quantitative estimate of drug-likeness (QED) is 0.496. The van der Waals surface area contributed by atoms with Crippen molar-refractivity contribution < 1.29 is 0 Å². The van der Waals surface area contributed by atoms with Gasteiger partial charge in [0.1, 0.15) is 0 Å². The van der Waals surface area contributed by atoms with Gasteiger partial charge in [-0.1, -0.05) is 0 Å². The molecule has 0 fully saturated rings. The van der Waals surface area contributed by atoms with Gasteiger partial charge in [-0.15, -0.1) is 11.8 Å². The highest BCUT2D eigenvalue weighted by Crippen LogP contribution is 2.10. The largest absolute Gasteiger partial charge is 0.290 e. The van der Waals surface area contributed by atoms with Gasteiger partial charge >= 0.3 is 0 Å². The molecule has 0 aromatic heterocycles. The van der Waals surface area contributed by atoms with E-state index >= 15 is 0 Å². The van der Waals surface area contributed by atoms with E-state index in [1.807, 2.05) is 11.6 Å². The average molecular weight is 116 g/mol. The van der Waals surface area contributed by atoms with E-state index < -0.39 is 0 Å². The molecule has 0 aromatic rings. The van der Waals surface area contributed by atoms with Gasteiger partial charge in [-0.05, 0) is 5.41 Å². The summed E-state index contributed by atoms with van der Waals surface area (Å²) >= 11 is 1.67. The lowest BCUT2D eigenvalue weighted by atomic mass is 11.0. The first-order valence-electron chi connectivity index (χ1n) is 1.91. The topological polar surface area (TPSA) is 39.1 Å². The van der Waals surface area contributed by atoms with Crippen molar-refractivity contribution >= 4 is 11.8 Å². The normalized spacial score (nSPS) is 18.7. The zero-order chi connectivity index (χ0) is 5.11. The van der Waals surface area contributed by atoms with Gasteiger partial charge in [0, 0.05) is 6.20 Å². The van der Waals surface area contributed by atoms with Crippen LogP contribution in [-0.2, 0) is 0 Å². The molecule has 3 nitrogen and oxygen atoms in total. The molecule has 1 radical (unpaired) electrons. The first-order valence-corrected chi connectivity index (χ1v) is 2.95. The Kier molecular flexibility index (Phi) is 1.56. The predicted octanol–water partition coefficient (Wildman–Crippen LogP) is 0.166. The highest BCUT2D eigenvalue weighted by Gasteiger charge is 1.98. The number of hydrogen-bond acceptors (Lipinski definition) is 3. The Balaban J connectivity index is 2.28. The van der Waals surface area contributed by atoms with Crippen LogP contribution in [0.2, 0.25) is 0 Å². The molecule has 1 aliphatic rings. The van der Waals surface area contributed by atoms with Gasteiger partial charge in [0.15, 0.2) is 0 Å². The van der Waals surface area contributed by atoms with E-state index in [1.165, 1.54) is 0 Å². The lowest BCUT2D eigenvalue weighted by Gasteiger charge is -2.08. The molecule has 7 heavy (non-hydrogen) atoms. The van der Waals surface area contributed by atoms with Crippen LogP contribution in [-0.4, -0.2) is 10.9 Å². The molecule has 0 amide bonds. The van der Waals surface area contributed by atoms with Gasteiger partial charge in [-0.2, -0.15) is 11.4 Å². The second-order valence-corrected chi connectivity index (χ2v) is 2.03. The van der Waals surface area contributed by atoms with Crippen molar-refractivity contribution in [2.45, 2.75) is 0 Å². The summed E-state index contributed by atoms with van der Waals surface area (Å²) < 4.78 is 0. The third-order valence-electron chi connectivity index (χ3n) is 0.694. The van der Waals surface area contributed by atoms with E-state index in [9.17, 15) is 0 Å². The summed E-state index contributed by atoms with van der Waals surface area (Å²) in [7, 11) is 0. The minimum atomic E-state index is 0.851. The van der Waals surface area contributed by atoms with Crippen LogP contribution in [0.4, 0.5) is 0 Å². The molecule has 0 atom stereocenters. The number of thioether (sulfide) groups is 1. The van der Waals surface area contributed by atoms with Crippen molar-refractivity contribution in [1.82, 2.24) is 16.4 Å². The summed E-state index contributed by atoms with van der Waals surface area (Å²) in [5, 5.41) is 3.63. The van der Waals surface area contributed by atoms with E-state index in [0.717, 1.165) is 5.88 Å². The number of nitrogens with zero attached hydrogens (tertiary/aromatic N) is 1. The van der Waals surface area contributed by atoms with Crippen molar-refractivity contribution in [1.29, 1.82) is 0 Å². The molecule has 0 saturated heterocycles. The van der Waals surface area contributed by atoms with Gasteiger partial charge in [-0.3, -0.25) is 5.01 Å². The number of rotatable bonds is 1. The summed E-state index contributed by atoms with van der Waals surface area (Å²) in [6.45, 7) is 0. The molecule has 2 N–H and O–H groups in total. The molecule has 0 aromatic carbocycles. The lowest BCUT2D eigenvalue weighted by molar-refractivity contribution is 0.317. The number of hydrazine groups is 1. The Hall–Kier alpha value is -0.190. The van der Waals surface area contributed by atoms with Gasteiger partial charge in [0.05, 0.1) is 5.88 Å². The van der Waals surface area contributed by atoms with Crippen molar-refractivity contribution in [3.63, 3.8) is 0 Å². The minimum absolute atomic E-state index is 0.851. The highest BCUT2D eigenvalue weighted by atomic mass is 32.2. The Morgan fingerprint density at radius 2 is 2.71 bits per heavy atom. The van der Waals surface area contributed by atoms with Crippen LogP contribution in [0.25, 0.3) is 0 Å². The second-order valence-electron chi connectivity index (χ2n) is 1.16. The maximum absolute atomic E-state index is 6.61. The zero-order valence-corrected chi connectivity index (χ0v) is 4.53. The maximum Gasteiger partial charge on any atom is 0.0847 e. The Morgan fingerprint density at radius 1 is 1.86 bits per heavy atom. The smallest absolute Gasteiger partial charge is 0.0847 e. The average Bonchev–Trinajstić information content (AvgIpc) is 2.14. The molecule has 0 bridgehead atoms. The molecule has 0 unspecified atom stereocenters. The van der Waals surface area contributed by atoms with Crippen LogP contribution in [0.3, 0.4) is 0 Å². The third-order valence-corrected chi connectivity index (χ3v) is 1.44. The molecule has 39 valence electrons. The summed E-state index contributed by atoms with van der Waals surface area (Å²) in [4.78, 5) is 0. The molecule has 0 aliphatic carbocycles. The van der Waals surface area contributed by atoms with Crippen LogP contribution in [0.5, 0.6) is 0 Å². The van der Waals surface area contributed by atoms with Crippen molar-refractivity contribution in [2.24, 2.45) is 0 Å². The fourth-order valence-corrected chi connectivity index (χ4v) is 0.983. The van der Waals surface area contributed by atoms with Crippen molar-refractivity contribution in [3.8, 4) is 0 Å². The molecule has 0 spiro atoms. The molecule has 0 saturated carbocycles. The standard InChI is InChI=1S/C3H6N3S/c4-5-6-1-2-7-3-6/h1-2,4-5H,3H2. The van der Waals surface area contributed by atoms with E-state index in [2.05, 4.69) is 5.53 Å². The zero-order valence-electron chi connectivity index (χ0n) is 3.72. The number of nitrogens with one attached hydrogen (secondary N) is 2. The summed E-state index contributed by atoms with van der Waals surface area (Å²) in [5.41, 5.74) is 2.24. The fourth-order valence-electron chi connectivity index (χ4n) is 0.352.